The second-order valence-corrected chi connectivity index (χ2v) is 6.36. The van der Waals surface area contributed by atoms with Gasteiger partial charge < -0.3 is 5.11 Å². The van der Waals surface area contributed by atoms with Crippen molar-refractivity contribution in [1.82, 2.24) is 0 Å². The van der Waals surface area contributed by atoms with Crippen LogP contribution in [0.15, 0.2) is 42.5 Å². The van der Waals surface area contributed by atoms with Crippen molar-refractivity contribution in [3.8, 4) is 11.1 Å². The van der Waals surface area contributed by atoms with E-state index in [-0.39, 0.29) is 24.5 Å². The molecule has 0 saturated carbocycles. The molecule has 0 aromatic heterocycles. The first kappa shape index (κ1) is 15.5. The number of carboxylic acid groups (broad SMARTS) is 1. The number of Topliss-reactive ketones (excluding diaryl/α,β-unsaturated/α-hetero) is 1. The SMILES string of the molecule is CC(CC(=O)O)CC(=O)c1ccc2c(c1)-c1ccccc1CC2. The summed E-state index contributed by atoms with van der Waals surface area (Å²) in [5.74, 6) is -0.988. The first-order chi connectivity index (χ1) is 11.0. The molecule has 0 saturated heterocycles. The minimum Gasteiger partial charge on any atom is -0.481 e. The molecule has 0 aliphatic heterocycles. The number of carbonyl (C=O) groups is 2. The Morgan fingerprint density at radius 1 is 1.00 bits per heavy atom. The Morgan fingerprint density at radius 3 is 2.43 bits per heavy atom. The van der Waals surface area contributed by atoms with Crippen LogP contribution in [-0.4, -0.2) is 16.9 Å². The van der Waals surface area contributed by atoms with E-state index in [0.717, 1.165) is 18.4 Å². The molecule has 1 atom stereocenters. The van der Waals surface area contributed by atoms with Gasteiger partial charge in [0.1, 0.15) is 0 Å². The van der Waals surface area contributed by atoms with E-state index < -0.39 is 5.97 Å². The smallest absolute Gasteiger partial charge is 0.303 e. The zero-order valence-electron chi connectivity index (χ0n) is 13.2. The Hall–Kier alpha value is -2.42. The van der Waals surface area contributed by atoms with E-state index in [1.807, 2.05) is 30.3 Å². The molecule has 0 heterocycles. The molecule has 3 heteroatoms. The Balaban J connectivity index is 1.87. The van der Waals surface area contributed by atoms with Gasteiger partial charge in [-0.25, -0.2) is 0 Å². The number of aliphatic carboxylic acids is 1. The Morgan fingerprint density at radius 2 is 1.70 bits per heavy atom. The van der Waals surface area contributed by atoms with Gasteiger partial charge in [0.25, 0.3) is 0 Å². The second-order valence-electron chi connectivity index (χ2n) is 6.36. The van der Waals surface area contributed by atoms with Crippen molar-refractivity contribution in [2.45, 2.75) is 32.6 Å². The molecule has 1 aliphatic carbocycles. The molecular weight excluding hydrogens is 288 g/mol. The van der Waals surface area contributed by atoms with Crippen molar-refractivity contribution in [3.63, 3.8) is 0 Å². The van der Waals surface area contributed by atoms with Crippen molar-refractivity contribution in [2.75, 3.05) is 0 Å². The van der Waals surface area contributed by atoms with Gasteiger partial charge in [0, 0.05) is 18.4 Å². The summed E-state index contributed by atoms with van der Waals surface area (Å²) in [7, 11) is 0. The van der Waals surface area contributed by atoms with Crippen molar-refractivity contribution in [1.29, 1.82) is 0 Å². The zero-order chi connectivity index (χ0) is 16.4. The van der Waals surface area contributed by atoms with Crippen LogP contribution in [0.1, 0.15) is 41.3 Å². The van der Waals surface area contributed by atoms with E-state index in [1.54, 1.807) is 6.92 Å². The van der Waals surface area contributed by atoms with E-state index in [2.05, 4.69) is 12.1 Å². The van der Waals surface area contributed by atoms with Gasteiger partial charge in [0.15, 0.2) is 5.78 Å². The van der Waals surface area contributed by atoms with E-state index >= 15 is 0 Å². The number of rotatable bonds is 5. The minimum atomic E-state index is -0.857. The molecule has 0 amide bonds. The standard InChI is InChI=1S/C20H20O3/c1-13(11-20(22)23)10-19(21)16-9-8-15-7-6-14-4-2-3-5-17(14)18(15)12-16/h2-5,8-9,12-13H,6-7,10-11H2,1H3,(H,22,23). The van der Waals surface area contributed by atoms with Crippen molar-refractivity contribution in [3.05, 3.63) is 59.2 Å². The fraction of sp³-hybridized carbons (Fsp3) is 0.300. The number of hydrogen-bond donors (Lipinski definition) is 1. The maximum absolute atomic E-state index is 12.4. The quantitative estimate of drug-likeness (QED) is 0.845. The highest BCUT2D eigenvalue weighted by Crippen LogP contribution is 2.34. The third-order valence-corrected chi connectivity index (χ3v) is 4.46. The van der Waals surface area contributed by atoms with Crippen LogP contribution in [0, 0.1) is 5.92 Å². The highest BCUT2D eigenvalue weighted by atomic mass is 16.4. The minimum absolute atomic E-state index is 0.0182. The maximum Gasteiger partial charge on any atom is 0.303 e. The molecule has 3 nitrogen and oxygen atoms in total. The third kappa shape index (κ3) is 3.34. The van der Waals surface area contributed by atoms with Crippen LogP contribution in [0.4, 0.5) is 0 Å². The molecule has 1 unspecified atom stereocenters. The monoisotopic (exact) mass is 308 g/mol. The Kier molecular flexibility index (Phi) is 4.28. The van der Waals surface area contributed by atoms with Crippen LogP contribution in [-0.2, 0) is 17.6 Å². The molecule has 2 aromatic carbocycles. The van der Waals surface area contributed by atoms with Crippen molar-refractivity contribution >= 4 is 11.8 Å². The van der Waals surface area contributed by atoms with Crippen LogP contribution < -0.4 is 0 Å². The van der Waals surface area contributed by atoms with Crippen LogP contribution in [0.2, 0.25) is 0 Å². The third-order valence-electron chi connectivity index (χ3n) is 4.46. The van der Waals surface area contributed by atoms with Crippen molar-refractivity contribution < 1.29 is 14.7 Å². The van der Waals surface area contributed by atoms with E-state index in [1.165, 1.54) is 16.7 Å². The lowest BCUT2D eigenvalue weighted by molar-refractivity contribution is -0.137. The highest BCUT2D eigenvalue weighted by Gasteiger charge is 2.19. The summed E-state index contributed by atoms with van der Waals surface area (Å²) in [4.78, 5) is 23.2. The molecule has 118 valence electrons. The number of carbonyl (C=O) groups excluding carboxylic acids is 1. The molecular formula is C20H20O3. The summed E-state index contributed by atoms with van der Waals surface area (Å²) in [5.41, 5.74) is 5.63. The first-order valence-electron chi connectivity index (χ1n) is 8.01. The van der Waals surface area contributed by atoms with Gasteiger partial charge in [-0.1, -0.05) is 43.3 Å². The predicted octanol–water partition coefficient (Wildman–Crippen LogP) is 4.14. The number of benzene rings is 2. The summed E-state index contributed by atoms with van der Waals surface area (Å²) in [5, 5.41) is 8.82. The van der Waals surface area contributed by atoms with E-state index in [0.29, 0.717) is 5.56 Å². The lowest BCUT2D eigenvalue weighted by Gasteiger charge is -2.20. The van der Waals surface area contributed by atoms with Gasteiger partial charge >= 0.3 is 5.97 Å². The maximum atomic E-state index is 12.4. The average molecular weight is 308 g/mol. The van der Waals surface area contributed by atoms with Crippen LogP contribution in [0.5, 0.6) is 0 Å². The average Bonchev–Trinajstić information content (AvgIpc) is 2.53. The molecule has 23 heavy (non-hydrogen) atoms. The predicted molar refractivity (Wildman–Crippen MR) is 89.7 cm³/mol. The Bertz CT molecular complexity index is 761. The summed E-state index contributed by atoms with van der Waals surface area (Å²) >= 11 is 0. The number of carboxylic acids is 1. The normalized spacial score (nSPS) is 13.8. The van der Waals surface area contributed by atoms with Gasteiger partial charge in [-0.05, 0) is 47.1 Å². The largest absolute Gasteiger partial charge is 0.481 e. The summed E-state index contributed by atoms with van der Waals surface area (Å²) in [6.07, 6.45) is 2.33. The van der Waals surface area contributed by atoms with Crippen LogP contribution >= 0.6 is 0 Å². The number of ketones is 1. The zero-order valence-corrected chi connectivity index (χ0v) is 13.2. The number of aryl methyl sites for hydroxylation is 2. The van der Waals surface area contributed by atoms with Gasteiger partial charge in [-0.3, -0.25) is 9.59 Å². The Labute approximate surface area is 136 Å². The lowest BCUT2D eigenvalue weighted by Crippen LogP contribution is -2.11. The molecule has 0 spiro atoms. The summed E-state index contributed by atoms with van der Waals surface area (Å²) in [6.45, 7) is 1.81. The molecule has 0 bridgehead atoms. The fourth-order valence-electron chi connectivity index (χ4n) is 3.29. The van der Waals surface area contributed by atoms with Crippen LogP contribution in [0.3, 0.4) is 0 Å². The second kappa shape index (κ2) is 6.37. The van der Waals surface area contributed by atoms with E-state index in [4.69, 9.17) is 5.11 Å². The number of hydrogen-bond acceptors (Lipinski definition) is 2. The summed E-state index contributed by atoms with van der Waals surface area (Å²) in [6, 6.07) is 14.2. The van der Waals surface area contributed by atoms with Gasteiger partial charge in [0.05, 0.1) is 0 Å². The van der Waals surface area contributed by atoms with Gasteiger partial charge in [-0.2, -0.15) is 0 Å². The van der Waals surface area contributed by atoms with Crippen LogP contribution in [0.25, 0.3) is 11.1 Å². The summed E-state index contributed by atoms with van der Waals surface area (Å²) < 4.78 is 0. The molecule has 2 aromatic rings. The molecule has 1 N–H and O–H groups in total. The van der Waals surface area contributed by atoms with Gasteiger partial charge in [-0.15, -0.1) is 0 Å². The fourth-order valence-corrected chi connectivity index (χ4v) is 3.29. The topological polar surface area (TPSA) is 54.4 Å². The molecule has 1 aliphatic rings. The lowest BCUT2D eigenvalue weighted by atomic mass is 9.84. The first-order valence-corrected chi connectivity index (χ1v) is 8.01. The number of fused-ring (bicyclic) bond motifs is 3. The van der Waals surface area contributed by atoms with E-state index in [9.17, 15) is 9.59 Å². The molecule has 0 radical (unpaired) electrons. The van der Waals surface area contributed by atoms with Gasteiger partial charge in [0.2, 0.25) is 0 Å². The highest BCUT2D eigenvalue weighted by molar-refractivity contribution is 5.98. The molecule has 3 rings (SSSR count). The molecule has 0 fully saturated rings. The van der Waals surface area contributed by atoms with Crippen molar-refractivity contribution in [2.24, 2.45) is 5.92 Å².